The fraction of sp³-hybridized carbons (Fsp3) is 0.381. The average molecular weight is 507 g/mol. The Hall–Kier alpha value is -1.43. The van der Waals surface area contributed by atoms with Gasteiger partial charge in [0.15, 0.2) is 0 Å². The molecule has 1 N–H and O–H groups in total. The maximum Gasteiger partial charge on any atom is 0.124 e. The van der Waals surface area contributed by atoms with Gasteiger partial charge in [-0.2, -0.15) is 5.26 Å². The van der Waals surface area contributed by atoms with Gasteiger partial charge in [0, 0.05) is 40.7 Å². The number of nitriles is 1. The SMILES string of the molecule is N#Cc1ccc2c(c1)[C@H](N1CCNCC1)[C@@H](OCc1cc(Br)cc(Br)c1)CO2. The van der Waals surface area contributed by atoms with Crippen LogP contribution in [-0.2, 0) is 11.3 Å². The van der Waals surface area contributed by atoms with E-state index in [2.05, 4.69) is 60.3 Å². The highest BCUT2D eigenvalue weighted by Gasteiger charge is 2.36. The number of nitrogens with one attached hydrogen (secondary N) is 1. The normalized spacial score (nSPS) is 22.2. The van der Waals surface area contributed by atoms with Gasteiger partial charge < -0.3 is 14.8 Å². The number of nitrogens with zero attached hydrogens (tertiary/aromatic N) is 2. The zero-order chi connectivity index (χ0) is 19.5. The molecule has 2 aliphatic heterocycles. The van der Waals surface area contributed by atoms with Gasteiger partial charge in [0.2, 0.25) is 0 Å². The molecular weight excluding hydrogens is 486 g/mol. The van der Waals surface area contributed by atoms with E-state index in [4.69, 9.17) is 9.47 Å². The standard InChI is InChI=1S/C21H21Br2N3O2/c22-16-7-15(8-17(23)10-16)12-27-20-13-28-19-2-1-14(11-24)9-18(19)21(20)26-5-3-25-4-6-26/h1-2,7-10,20-21,25H,3-6,12-13H2/t20-,21-/m0/s1. The predicted octanol–water partition coefficient (Wildman–Crippen LogP) is 4.01. The Morgan fingerprint density at radius 1 is 1.14 bits per heavy atom. The van der Waals surface area contributed by atoms with Gasteiger partial charge in [0.05, 0.1) is 24.3 Å². The molecule has 1 fully saturated rings. The van der Waals surface area contributed by atoms with E-state index in [-0.39, 0.29) is 12.1 Å². The van der Waals surface area contributed by atoms with E-state index in [9.17, 15) is 5.26 Å². The molecule has 0 aliphatic carbocycles. The summed E-state index contributed by atoms with van der Waals surface area (Å²) in [5.41, 5.74) is 2.79. The second kappa shape index (κ2) is 8.93. The third-order valence-corrected chi connectivity index (χ3v) is 6.06. The molecule has 0 aromatic heterocycles. The molecular formula is C21H21Br2N3O2. The summed E-state index contributed by atoms with van der Waals surface area (Å²) in [6, 6.07) is 14.1. The van der Waals surface area contributed by atoms with Gasteiger partial charge in [-0.1, -0.05) is 31.9 Å². The lowest BCUT2D eigenvalue weighted by atomic mass is 9.94. The van der Waals surface area contributed by atoms with Crippen LogP contribution < -0.4 is 10.1 Å². The van der Waals surface area contributed by atoms with Crippen molar-refractivity contribution in [3.05, 3.63) is 62.0 Å². The molecule has 0 unspecified atom stereocenters. The van der Waals surface area contributed by atoms with E-state index >= 15 is 0 Å². The van der Waals surface area contributed by atoms with E-state index < -0.39 is 0 Å². The molecule has 1 saturated heterocycles. The Bertz CT molecular complexity index is 873. The van der Waals surface area contributed by atoms with Crippen molar-refractivity contribution >= 4 is 31.9 Å². The summed E-state index contributed by atoms with van der Waals surface area (Å²) in [6.07, 6.45) is -0.0997. The first-order valence-corrected chi connectivity index (χ1v) is 10.9. The topological polar surface area (TPSA) is 57.5 Å². The molecule has 4 rings (SSSR count). The van der Waals surface area contributed by atoms with Gasteiger partial charge in [-0.15, -0.1) is 0 Å². The molecule has 0 spiro atoms. The van der Waals surface area contributed by atoms with Crippen molar-refractivity contribution in [1.29, 1.82) is 5.26 Å². The highest BCUT2D eigenvalue weighted by molar-refractivity contribution is 9.11. The van der Waals surface area contributed by atoms with Gasteiger partial charge >= 0.3 is 0 Å². The number of hydrogen-bond acceptors (Lipinski definition) is 5. The Kier molecular flexibility index (Phi) is 6.34. The van der Waals surface area contributed by atoms with Gasteiger partial charge in [0.1, 0.15) is 18.5 Å². The minimum Gasteiger partial charge on any atom is -0.490 e. The molecule has 2 aromatic carbocycles. The molecule has 0 bridgehead atoms. The molecule has 28 heavy (non-hydrogen) atoms. The summed E-state index contributed by atoms with van der Waals surface area (Å²) < 4.78 is 14.4. The molecule has 2 atom stereocenters. The minimum atomic E-state index is -0.0997. The number of benzene rings is 2. The average Bonchev–Trinajstić information content (AvgIpc) is 2.71. The Morgan fingerprint density at radius 2 is 1.89 bits per heavy atom. The Labute approximate surface area is 181 Å². The van der Waals surface area contributed by atoms with Gasteiger partial charge in [-0.25, -0.2) is 0 Å². The quantitative estimate of drug-likeness (QED) is 0.679. The van der Waals surface area contributed by atoms with Crippen LogP contribution in [0.1, 0.15) is 22.7 Å². The van der Waals surface area contributed by atoms with E-state index in [0.717, 1.165) is 52.0 Å². The van der Waals surface area contributed by atoms with Crippen molar-refractivity contribution in [1.82, 2.24) is 10.2 Å². The van der Waals surface area contributed by atoms with Crippen molar-refractivity contribution in [2.24, 2.45) is 0 Å². The fourth-order valence-corrected chi connectivity index (χ4v) is 5.26. The molecule has 7 heteroatoms. The summed E-state index contributed by atoms with van der Waals surface area (Å²) >= 11 is 7.07. The third-order valence-electron chi connectivity index (χ3n) is 5.14. The van der Waals surface area contributed by atoms with Crippen LogP contribution in [0.5, 0.6) is 5.75 Å². The molecule has 5 nitrogen and oxygen atoms in total. The first-order chi connectivity index (χ1) is 13.6. The molecule has 0 amide bonds. The van der Waals surface area contributed by atoms with Crippen LogP contribution in [0.4, 0.5) is 0 Å². The number of piperazine rings is 1. The summed E-state index contributed by atoms with van der Waals surface area (Å²) in [6.45, 7) is 4.81. The zero-order valence-electron chi connectivity index (χ0n) is 15.3. The van der Waals surface area contributed by atoms with Crippen LogP contribution in [0.25, 0.3) is 0 Å². The Morgan fingerprint density at radius 3 is 2.61 bits per heavy atom. The second-order valence-electron chi connectivity index (χ2n) is 7.03. The monoisotopic (exact) mass is 505 g/mol. The van der Waals surface area contributed by atoms with Crippen LogP contribution >= 0.6 is 31.9 Å². The van der Waals surface area contributed by atoms with Gasteiger partial charge in [-0.05, 0) is 42.0 Å². The summed E-state index contributed by atoms with van der Waals surface area (Å²) in [5.74, 6) is 0.854. The van der Waals surface area contributed by atoms with Crippen LogP contribution in [-0.4, -0.2) is 43.8 Å². The highest BCUT2D eigenvalue weighted by atomic mass is 79.9. The first-order valence-electron chi connectivity index (χ1n) is 9.32. The number of halogens is 2. The van der Waals surface area contributed by atoms with Crippen molar-refractivity contribution in [2.45, 2.75) is 18.8 Å². The van der Waals surface area contributed by atoms with Crippen LogP contribution in [0.3, 0.4) is 0 Å². The molecule has 2 aromatic rings. The van der Waals surface area contributed by atoms with Crippen LogP contribution in [0.15, 0.2) is 45.3 Å². The molecule has 0 radical (unpaired) electrons. The molecule has 0 saturated carbocycles. The third kappa shape index (κ3) is 4.42. The molecule has 146 valence electrons. The lowest BCUT2D eigenvalue weighted by Gasteiger charge is -2.42. The van der Waals surface area contributed by atoms with Gasteiger partial charge in [0.25, 0.3) is 0 Å². The minimum absolute atomic E-state index is 0.0785. The Balaban J connectivity index is 1.60. The van der Waals surface area contributed by atoms with Crippen molar-refractivity contribution < 1.29 is 9.47 Å². The maximum atomic E-state index is 9.35. The maximum absolute atomic E-state index is 9.35. The fourth-order valence-electron chi connectivity index (χ4n) is 3.87. The molecule has 2 aliphatic rings. The van der Waals surface area contributed by atoms with Crippen LogP contribution in [0.2, 0.25) is 0 Å². The smallest absolute Gasteiger partial charge is 0.124 e. The summed E-state index contributed by atoms with van der Waals surface area (Å²) in [7, 11) is 0. The summed E-state index contributed by atoms with van der Waals surface area (Å²) in [5, 5.41) is 12.8. The van der Waals surface area contributed by atoms with Crippen molar-refractivity contribution in [3.63, 3.8) is 0 Å². The predicted molar refractivity (Wildman–Crippen MR) is 114 cm³/mol. The second-order valence-corrected chi connectivity index (χ2v) is 8.86. The van der Waals surface area contributed by atoms with E-state index in [0.29, 0.717) is 18.8 Å². The van der Waals surface area contributed by atoms with E-state index in [1.807, 2.05) is 24.3 Å². The lowest BCUT2D eigenvalue weighted by Crippen LogP contribution is -2.51. The number of fused-ring (bicyclic) bond motifs is 1. The first kappa shape index (κ1) is 19.9. The van der Waals surface area contributed by atoms with Gasteiger partial charge in [-0.3, -0.25) is 4.90 Å². The van der Waals surface area contributed by atoms with E-state index in [1.54, 1.807) is 0 Å². The largest absolute Gasteiger partial charge is 0.490 e. The molecule has 2 heterocycles. The lowest BCUT2D eigenvalue weighted by molar-refractivity contribution is -0.0617. The number of ether oxygens (including phenoxy) is 2. The van der Waals surface area contributed by atoms with Crippen LogP contribution in [0, 0.1) is 11.3 Å². The zero-order valence-corrected chi connectivity index (χ0v) is 18.5. The number of rotatable bonds is 4. The van der Waals surface area contributed by atoms with Crippen molar-refractivity contribution in [2.75, 3.05) is 32.8 Å². The highest BCUT2D eigenvalue weighted by Crippen LogP contribution is 2.38. The van der Waals surface area contributed by atoms with E-state index in [1.165, 1.54) is 0 Å². The van der Waals surface area contributed by atoms with Crippen molar-refractivity contribution in [3.8, 4) is 11.8 Å². The summed E-state index contributed by atoms with van der Waals surface area (Å²) in [4.78, 5) is 2.44. The number of hydrogen-bond donors (Lipinski definition) is 1.